The number of phenolic OH excluding ortho intramolecular Hbond substituents is 1. The molecule has 0 bridgehead atoms. The van der Waals surface area contributed by atoms with Crippen molar-refractivity contribution in [3.63, 3.8) is 0 Å². The number of hydrogen-bond acceptors (Lipinski definition) is 3. The number of para-hydroxylation sites is 3. The predicted molar refractivity (Wildman–Crippen MR) is 219 cm³/mol. The van der Waals surface area contributed by atoms with Crippen molar-refractivity contribution in [3.05, 3.63) is 176 Å². The Kier molecular flexibility index (Phi) is 7.82. The molecule has 53 heavy (non-hydrogen) atoms. The van der Waals surface area contributed by atoms with Crippen molar-refractivity contribution in [3.8, 4) is 67.5 Å². The second-order valence-electron chi connectivity index (χ2n) is 13.4. The average molecular weight is 685 g/mol. The van der Waals surface area contributed by atoms with Gasteiger partial charge in [-0.15, -0.1) is 0 Å². The smallest absolute Gasteiger partial charge is 0.144 e. The van der Waals surface area contributed by atoms with Gasteiger partial charge in [0.1, 0.15) is 11.6 Å². The third kappa shape index (κ3) is 5.42. The summed E-state index contributed by atoms with van der Waals surface area (Å²) in [5.41, 5.74) is 15.6. The molecule has 0 radical (unpaired) electrons. The third-order valence-corrected chi connectivity index (χ3v) is 10.3. The fraction of sp³-hybridized carbons (Fsp3) is 0.0417. The van der Waals surface area contributed by atoms with E-state index in [2.05, 4.69) is 139 Å². The van der Waals surface area contributed by atoms with E-state index >= 15 is 0 Å². The molecule has 5 nitrogen and oxygen atoms in total. The number of aryl methyl sites for hydroxylation is 2. The van der Waals surface area contributed by atoms with Gasteiger partial charge in [-0.1, -0.05) is 110 Å². The maximum absolute atomic E-state index is 10.6. The number of fused-ring (bicyclic) bond motifs is 2. The maximum Gasteiger partial charge on any atom is 0.144 e. The maximum atomic E-state index is 10.6. The predicted octanol–water partition coefficient (Wildman–Crippen LogP) is 11.9. The number of pyridine rings is 1. The number of phenols is 1. The van der Waals surface area contributed by atoms with Crippen LogP contribution in [-0.4, -0.2) is 24.2 Å². The van der Waals surface area contributed by atoms with Crippen molar-refractivity contribution in [2.24, 2.45) is 7.05 Å². The van der Waals surface area contributed by atoms with Crippen molar-refractivity contribution in [2.45, 2.75) is 6.92 Å². The molecule has 9 rings (SSSR count). The first-order valence-electron chi connectivity index (χ1n) is 17.7. The first-order chi connectivity index (χ1) is 26.0. The van der Waals surface area contributed by atoms with Crippen molar-refractivity contribution >= 4 is 28.0 Å². The van der Waals surface area contributed by atoms with Crippen LogP contribution in [0.5, 0.6) is 5.75 Å². The number of nitrogens with zero attached hydrogens (tertiary/aromatic N) is 4. The van der Waals surface area contributed by atoms with E-state index in [0.29, 0.717) is 5.56 Å². The summed E-state index contributed by atoms with van der Waals surface area (Å²) in [5, 5.41) is 11.8. The van der Waals surface area contributed by atoms with Gasteiger partial charge in [0.15, 0.2) is 0 Å². The minimum absolute atomic E-state index is 0.208. The van der Waals surface area contributed by atoms with E-state index in [1.165, 1.54) is 16.5 Å². The molecule has 3 aromatic heterocycles. The van der Waals surface area contributed by atoms with Gasteiger partial charge in [-0.2, -0.15) is 0 Å². The van der Waals surface area contributed by atoms with E-state index in [4.69, 9.17) is 9.97 Å². The monoisotopic (exact) mass is 684 g/mol. The lowest BCUT2D eigenvalue weighted by atomic mass is 9.98. The molecule has 0 aliphatic heterocycles. The highest BCUT2D eigenvalue weighted by atomic mass is 16.3. The largest absolute Gasteiger partial charge is 0.507 e. The van der Waals surface area contributed by atoms with Crippen molar-refractivity contribution in [2.75, 3.05) is 0 Å². The molecule has 0 spiro atoms. The summed E-state index contributed by atoms with van der Waals surface area (Å²) < 4.78 is 4.38. The van der Waals surface area contributed by atoms with Crippen LogP contribution in [0.3, 0.4) is 0 Å². The van der Waals surface area contributed by atoms with E-state index in [1.54, 1.807) is 6.07 Å². The van der Waals surface area contributed by atoms with Crippen LogP contribution < -0.4 is 0 Å². The molecular weight excluding hydrogens is 649 g/mol. The molecule has 0 fully saturated rings. The third-order valence-electron chi connectivity index (χ3n) is 10.3. The second kappa shape index (κ2) is 13.0. The minimum atomic E-state index is 0.208. The lowest BCUT2D eigenvalue weighted by molar-refractivity contribution is 0.476. The zero-order valence-electron chi connectivity index (χ0n) is 29.5. The number of hydrogen-bond donors (Lipinski definition) is 1. The Morgan fingerprint density at radius 1 is 0.623 bits per heavy atom. The molecule has 0 atom stereocenters. The first kappa shape index (κ1) is 32.0. The molecule has 0 aliphatic rings. The number of aromatic hydroxyl groups is 1. The van der Waals surface area contributed by atoms with Crippen LogP contribution in [0.1, 0.15) is 11.3 Å². The molecular formula is C48H36N4O. The molecule has 5 heteroatoms. The summed E-state index contributed by atoms with van der Waals surface area (Å²) in [5.74, 6) is 0.927. The molecule has 0 aliphatic carbocycles. The average Bonchev–Trinajstić information content (AvgIpc) is 3.71. The number of imidazole rings is 1. The zero-order valence-corrected chi connectivity index (χ0v) is 29.5. The van der Waals surface area contributed by atoms with Crippen LogP contribution in [0.15, 0.2) is 164 Å². The summed E-state index contributed by atoms with van der Waals surface area (Å²) in [6.45, 7) is 6.42. The Labute approximate surface area is 308 Å². The SMILES string of the molecule is C=Cc1c(C)c2cccc(-c3ccnc(-c4cccc(-c5cccc6c5nc(-c5ccccc5O)n6C)c4)c3)c2n1-c1cccc(-c2ccccc2)c1. The molecule has 254 valence electrons. The Morgan fingerprint density at radius 2 is 1.30 bits per heavy atom. The Morgan fingerprint density at radius 3 is 2.15 bits per heavy atom. The standard InChI is InChI=1S/C48H36N4O/c1-4-43-31(2)38-21-12-23-40(47(38)52(43)37-19-11-16-33(29-37)32-14-6-5-7-15-32)35-26-27-49-42(30-35)36-18-10-17-34(28-36)39-22-13-24-44-46(39)50-48(51(44)3)41-20-8-9-25-45(41)53/h4-30,53H,1H2,2-3H3. The molecule has 3 heterocycles. The molecule has 0 unspecified atom stereocenters. The Hall–Kier alpha value is -6.98. The van der Waals surface area contributed by atoms with Gasteiger partial charge in [0.05, 0.1) is 27.8 Å². The number of rotatable bonds is 7. The van der Waals surface area contributed by atoms with Gasteiger partial charge in [0.25, 0.3) is 0 Å². The normalized spacial score (nSPS) is 11.4. The molecule has 9 aromatic rings. The van der Waals surface area contributed by atoms with Gasteiger partial charge < -0.3 is 14.2 Å². The molecule has 0 amide bonds. The highest BCUT2D eigenvalue weighted by molar-refractivity contribution is 6.01. The molecule has 0 saturated carbocycles. The zero-order chi connectivity index (χ0) is 36.1. The van der Waals surface area contributed by atoms with E-state index in [9.17, 15) is 5.11 Å². The van der Waals surface area contributed by atoms with Gasteiger partial charge in [-0.3, -0.25) is 4.98 Å². The van der Waals surface area contributed by atoms with Crippen molar-refractivity contribution in [1.29, 1.82) is 0 Å². The van der Waals surface area contributed by atoms with E-state index < -0.39 is 0 Å². The minimum Gasteiger partial charge on any atom is -0.507 e. The fourth-order valence-corrected chi connectivity index (χ4v) is 7.67. The van der Waals surface area contributed by atoms with E-state index in [1.807, 2.05) is 48.2 Å². The lowest BCUT2D eigenvalue weighted by Crippen LogP contribution is -1.99. The highest BCUT2D eigenvalue weighted by Gasteiger charge is 2.20. The van der Waals surface area contributed by atoms with Gasteiger partial charge in [-0.25, -0.2) is 4.98 Å². The van der Waals surface area contributed by atoms with Crippen LogP contribution in [0.4, 0.5) is 0 Å². The molecule has 1 N–H and O–H groups in total. The van der Waals surface area contributed by atoms with Gasteiger partial charge in [0, 0.05) is 46.7 Å². The summed E-state index contributed by atoms with van der Waals surface area (Å²) in [6, 6.07) is 52.1. The number of benzene rings is 6. The fourth-order valence-electron chi connectivity index (χ4n) is 7.67. The summed E-state index contributed by atoms with van der Waals surface area (Å²) >= 11 is 0. The first-order valence-corrected chi connectivity index (χ1v) is 17.7. The van der Waals surface area contributed by atoms with E-state index in [-0.39, 0.29) is 5.75 Å². The van der Waals surface area contributed by atoms with Gasteiger partial charge in [0.2, 0.25) is 0 Å². The van der Waals surface area contributed by atoms with Crippen LogP contribution in [0, 0.1) is 6.92 Å². The second-order valence-corrected chi connectivity index (χ2v) is 13.4. The highest BCUT2D eigenvalue weighted by Crippen LogP contribution is 2.39. The molecule has 0 saturated heterocycles. The summed E-state index contributed by atoms with van der Waals surface area (Å²) in [4.78, 5) is 9.93. The number of aromatic nitrogens is 4. The lowest BCUT2D eigenvalue weighted by Gasteiger charge is -2.14. The van der Waals surface area contributed by atoms with Crippen LogP contribution in [0.2, 0.25) is 0 Å². The summed E-state index contributed by atoms with van der Waals surface area (Å²) in [7, 11) is 1.99. The Balaban J connectivity index is 1.15. The van der Waals surface area contributed by atoms with Gasteiger partial charge in [-0.05, 0) is 89.3 Å². The van der Waals surface area contributed by atoms with E-state index in [0.717, 1.165) is 72.8 Å². The molecule has 6 aromatic carbocycles. The topological polar surface area (TPSA) is 55.9 Å². The summed E-state index contributed by atoms with van der Waals surface area (Å²) in [6.07, 6.45) is 3.87. The van der Waals surface area contributed by atoms with Crippen LogP contribution in [0.25, 0.3) is 89.7 Å². The van der Waals surface area contributed by atoms with Crippen LogP contribution >= 0.6 is 0 Å². The van der Waals surface area contributed by atoms with Crippen molar-refractivity contribution < 1.29 is 5.11 Å². The van der Waals surface area contributed by atoms with Gasteiger partial charge >= 0.3 is 0 Å². The van der Waals surface area contributed by atoms with Crippen LogP contribution in [-0.2, 0) is 7.05 Å². The quantitative estimate of drug-likeness (QED) is 0.182. The van der Waals surface area contributed by atoms with Crippen molar-refractivity contribution in [1.82, 2.24) is 19.1 Å². The Bertz CT molecular complexity index is 2840.